The highest BCUT2D eigenvalue weighted by Gasteiger charge is 2.34. The zero-order valence-electron chi connectivity index (χ0n) is 8.08. The summed E-state index contributed by atoms with van der Waals surface area (Å²) in [5.74, 6) is 0. The van der Waals surface area contributed by atoms with Gasteiger partial charge in [0.1, 0.15) is 0 Å². The van der Waals surface area contributed by atoms with E-state index in [4.69, 9.17) is 4.74 Å². The minimum atomic E-state index is -0.0701. The molecular formula is C11H12N2O. The van der Waals surface area contributed by atoms with Crippen LogP contribution in [0.5, 0.6) is 0 Å². The van der Waals surface area contributed by atoms with Gasteiger partial charge in [-0.15, -0.1) is 0 Å². The second-order valence-corrected chi connectivity index (χ2v) is 3.96. The molecule has 0 saturated carbocycles. The second kappa shape index (κ2) is 2.58. The maximum atomic E-state index is 5.60. The molecule has 1 saturated heterocycles. The van der Waals surface area contributed by atoms with Crippen molar-refractivity contribution < 1.29 is 4.74 Å². The first-order chi connectivity index (χ1) is 6.78. The number of aromatic nitrogens is 2. The molecule has 0 bridgehead atoms. The molecule has 3 rings (SSSR count). The van der Waals surface area contributed by atoms with Gasteiger partial charge < -0.3 is 9.72 Å². The van der Waals surface area contributed by atoms with Gasteiger partial charge >= 0.3 is 0 Å². The Morgan fingerprint density at radius 2 is 2.36 bits per heavy atom. The van der Waals surface area contributed by atoms with Crippen molar-refractivity contribution in [3.63, 3.8) is 0 Å². The zero-order valence-corrected chi connectivity index (χ0v) is 8.08. The van der Waals surface area contributed by atoms with Crippen molar-refractivity contribution in [3.8, 4) is 0 Å². The molecule has 1 aliphatic heterocycles. The Morgan fingerprint density at radius 3 is 3.07 bits per heavy atom. The molecule has 0 radical (unpaired) electrons. The van der Waals surface area contributed by atoms with E-state index in [2.05, 4.69) is 29.0 Å². The lowest BCUT2D eigenvalue weighted by atomic mass is 9.88. The zero-order chi connectivity index (χ0) is 9.60. The molecule has 0 amide bonds. The number of nitrogens with one attached hydrogen (secondary N) is 1. The maximum absolute atomic E-state index is 5.60. The molecule has 2 heterocycles. The van der Waals surface area contributed by atoms with Crippen molar-refractivity contribution in [2.45, 2.75) is 18.9 Å². The third-order valence-electron chi connectivity index (χ3n) is 3.03. The lowest BCUT2D eigenvalue weighted by molar-refractivity contribution is -0.140. The quantitative estimate of drug-likeness (QED) is 0.745. The van der Waals surface area contributed by atoms with Crippen LogP contribution in [0.4, 0.5) is 0 Å². The van der Waals surface area contributed by atoms with Crippen molar-refractivity contribution >= 4 is 11.0 Å². The Hall–Kier alpha value is -1.35. The number of rotatable bonds is 1. The summed E-state index contributed by atoms with van der Waals surface area (Å²) in [4.78, 5) is 7.30. The maximum Gasteiger partial charge on any atom is 0.0931 e. The van der Waals surface area contributed by atoms with Crippen molar-refractivity contribution in [1.82, 2.24) is 9.97 Å². The third-order valence-corrected chi connectivity index (χ3v) is 3.03. The summed E-state index contributed by atoms with van der Waals surface area (Å²) in [6.07, 6.45) is 2.82. The first kappa shape index (κ1) is 8.00. The highest BCUT2D eigenvalue weighted by molar-refractivity contribution is 5.75. The smallest absolute Gasteiger partial charge is 0.0931 e. The average Bonchev–Trinajstić information content (AvgIpc) is 2.60. The average molecular weight is 188 g/mol. The second-order valence-electron chi connectivity index (χ2n) is 3.96. The van der Waals surface area contributed by atoms with Gasteiger partial charge in [0.15, 0.2) is 0 Å². The Morgan fingerprint density at radius 1 is 1.50 bits per heavy atom. The lowest BCUT2D eigenvalue weighted by Gasteiger charge is -2.39. The molecule has 1 atom stereocenters. The normalized spacial score (nSPS) is 26.4. The number of hydrogen-bond acceptors (Lipinski definition) is 2. The fourth-order valence-corrected chi connectivity index (χ4v) is 1.90. The fourth-order valence-electron chi connectivity index (χ4n) is 1.90. The highest BCUT2D eigenvalue weighted by atomic mass is 16.5. The van der Waals surface area contributed by atoms with E-state index in [9.17, 15) is 0 Å². The minimum Gasteiger partial charge on any atom is -0.370 e. The van der Waals surface area contributed by atoms with Gasteiger partial charge in [0.2, 0.25) is 0 Å². The van der Waals surface area contributed by atoms with Crippen LogP contribution in [0.25, 0.3) is 11.0 Å². The minimum absolute atomic E-state index is 0.0701. The van der Waals surface area contributed by atoms with Gasteiger partial charge in [-0.2, -0.15) is 0 Å². The molecule has 1 aromatic carbocycles. The third kappa shape index (κ3) is 0.990. The number of H-pyrrole nitrogens is 1. The molecule has 72 valence electrons. The lowest BCUT2D eigenvalue weighted by Crippen LogP contribution is -2.37. The molecule has 1 aromatic heterocycles. The number of aromatic amines is 1. The Bertz CT molecular complexity index is 471. The van der Waals surface area contributed by atoms with Crippen LogP contribution >= 0.6 is 0 Å². The van der Waals surface area contributed by atoms with E-state index < -0.39 is 0 Å². The van der Waals surface area contributed by atoms with Crippen LogP contribution in [0.1, 0.15) is 18.9 Å². The van der Waals surface area contributed by atoms with E-state index in [0.717, 1.165) is 24.1 Å². The molecule has 1 N–H and O–H groups in total. The molecule has 1 fully saturated rings. The van der Waals surface area contributed by atoms with E-state index in [1.54, 1.807) is 6.33 Å². The summed E-state index contributed by atoms with van der Waals surface area (Å²) in [7, 11) is 0. The SMILES string of the molecule is CC1(c2ccc3nc[nH]c3c2)CCO1. The Labute approximate surface area is 82.1 Å². The monoisotopic (exact) mass is 188 g/mol. The summed E-state index contributed by atoms with van der Waals surface area (Å²) in [6.45, 7) is 3.01. The van der Waals surface area contributed by atoms with Crippen LogP contribution in [0.2, 0.25) is 0 Å². The highest BCUT2D eigenvalue weighted by Crippen LogP contribution is 2.37. The van der Waals surface area contributed by atoms with E-state index in [1.165, 1.54) is 5.56 Å². The molecule has 0 aliphatic carbocycles. The van der Waals surface area contributed by atoms with Crippen LogP contribution in [-0.4, -0.2) is 16.6 Å². The summed E-state index contributed by atoms with van der Waals surface area (Å²) in [5, 5.41) is 0. The molecule has 1 unspecified atom stereocenters. The summed E-state index contributed by atoms with van der Waals surface area (Å²) in [5.41, 5.74) is 3.26. The number of benzene rings is 1. The van der Waals surface area contributed by atoms with Crippen molar-refractivity contribution in [2.75, 3.05) is 6.61 Å². The number of fused-ring (bicyclic) bond motifs is 1. The van der Waals surface area contributed by atoms with Crippen LogP contribution in [0.15, 0.2) is 24.5 Å². The summed E-state index contributed by atoms with van der Waals surface area (Å²) >= 11 is 0. The van der Waals surface area contributed by atoms with Gasteiger partial charge in [-0.3, -0.25) is 0 Å². The van der Waals surface area contributed by atoms with Crippen LogP contribution in [-0.2, 0) is 10.3 Å². The fraction of sp³-hybridized carbons (Fsp3) is 0.364. The van der Waals surface area contributed by atoms with Crippen LogP contribution in [0.3, 0.4) is 0 Å². The largest absolute Gasteiger partial charge is 0.370 e. The van der Waals surface area contributed by atoms with Gasteiger partial charge in [0, 0.05) is 6.42 Å². The molecule has 1 aliphatic rings. The van der Waals surface area contributed by atoms with Gasteiger partial charge in [-0.1, -0.05) is 6.07 Å². The Kier molecular flexibility index (Phi) is 1.47. The molecule has 3 heteroatoms. The van der Waals surface area contributed by atoms with Gasteiger partial charge in [-0.05, 0) is 24.6 Å². The molecule has 14 heavy (non-hydrogen) atoms. The van der Waals surface area contributed by atoms with E-state index in [0.29, 0.717) is 0 Å². The van der Waals surface area contributed by atoms with E-state index >= 15 is 0 Å². The molecule has 2 aromatic rings. The molecular weight excluding hydrogens is 176 g/mol. The summed E-state index contributed by atoms with van der Waals surface area (Å²) in [6, 6.07) is 6.26. The number of ether oxygens (including phenoxy) is 1. The van der Waals surface area contributed by atoms with Gasteiger partial charge in [0.25, 0.3) is 0 Å². The predicted molar refractivity (Wildman–Crippen MR) is 54.0 cm³/mol. The van der Waals surface area contributed by atoms with Gasteiger partial charge in [-0.25, -0.2) is 4.98 Å². The molecule has 3 nitrogen and oxygen atoms in total. The van der Waals surface area contributed by atoms with Crippen molar-refractivity contribution in [2.24, 2.45) is 0 Å². The van der Waals surface area contributed by atoms with Crippen molar-refractivity contribution in [3.05, 3.63) is 30.1 Å². The predicted octanol–water partition coefficient (Wildman–Crippen LogP) is 2.20. The van der Waals surface area contributed by atoms with E-state index in [1.807, 2.05) is 6.07 Å². The molecule has 0 spiro atoms. The number of imidazole rings is 1. The van der Waals surface area contributed by atoms with E-state index in [-0.39, 0.29) is 5.60 Å². The number of hydrogen-bond donors (Lipinski definition) is 1. The van der Waals surface area contributed by atoms with Gasteiger partial charge in [0.05, 0.1) is 29.6 Å². The van der Waals surface area contributed by atoms with Crippen LogP contribution < -0.4 is 0 Å². The Balaban J connectivity index is 2.13. The van der Waals surface area contributed by atoms with Crippen LogP contribution in [0, 0.1) is 0 Å². The standard InChI is InChI=1S/C11H12N2O/c1-11(4-5-14-11)8-2-3-9-10(6-8)13-7-12-9/h2-3,6-7H,4-5H2,1H3,(H,12,13). The topological polar surface area (TPSA) is 37.9 Å². The number of nitrogens with zero attached hydrogens (tertiary/aromatic N) is 1. The first-order valence-corrected chi connectivity index (χ1v) is 4.85. The summed E-state index contributed by atoms with van der Waals surface area (Å²) < 4.78 is 5.60. The van der Waals surface area contributed by atoms with Crippen molar-refractivity contribution in [1.29, 1.82) is 0 Å². The first-order valence-electron chi connectivity index (χ1n) is 4.85.